The number of aliphatic hydroxyl groups excluding tert-OH is 1. The third-order valence-corrected chi connectivity index (χ3v) is 9.20. The molecule has 0 spiro atoms. The lowest BCUT2D eigenvalue weighted by Crippen LogP contribution is -2.56. The van der Waals surface area contributed by atoms with Crippen molar-refractivity contribution >= 4 is 0 Å². The van der Waals surface area contributed by atoms with Crippen molar-refractivity contribution in [1.29, 1.82) is 0 Å². The second-order valence-corrected chi connectivity index (χ2v) is 9.85. The Hall–Kier alpha value is -0.0800. The average molecular weight is 306 g/mol. The van der Waals surface area contributed by atoms with Gasteiger partial charge in [-0.2, -0.15) is 0 Å². The summed E-state index contributed by atoms with van der Waals surface area (Å²) in [6.07, 6.45) is 10.6. The Balaban J connectivity index is 1.64. The fraction of sp³-hybridized carbons (Fsp3) is 1.00. The first-order valence-corrected chi connectivity index (χ1v) is 9.68. The van der Waals surface area contributed by atoms with E-state index >= 15 is 0 Å². The Labute approximate surface area is 135 Å². The third-order valence-electron chi connectivity index (χ3n) is 9.20. The first-order valence-electron chi connectivity index (χ1n) is 9.68. The molecule has 126 valence electrons. The zero-order valence-electron chi connectivity index (χ0n) is 14.6. The Morgan fingerprint density at radius 1 is 0.818 bits per heavy atom. The van der Waals surface area contributed by atoms with E-state index in [1.165, 1.54) is 38.5 Å². The summed E-state index contributed by atoms with van der Waals surface area (Å²) in [5.74, 6) is 3.13. The fourth-order valence-electron chi connectivity index (χ4n) is 7.48. The molecule has 2 nitrogen and oxygen atoms in total. The van der Waals surface area contributed by atoms with Crippen molar-refractivity contribution in [3.05, 3.63) is 0 Å². The Bertz CT molecular complexity index is 459. The number of hydrogen-bond acceptors (Lipinski definition) is 2. The zero-order valence-corrected chi connectivity index (χ0v) is 14.6. The summed E-state index contributed by atoms with van der Waals surface area (Å²) < 4.78 is 0. The smallest absolute Gasteiger partial charge is 0.0675 e. The van der Waals surface area contributed by atoms with E-state index in [1.54, 1.807) is 0 Å². The molecular formula is C20H34O2. The molecule has 2 N–H and O–H groups in total. The molecule has 0 saturated heterocycles. The van der Waals surface area contributed by atoms with Crippen LogP contribution in [0.4, 0.5) is 0 Å². The summed E-state index contributed by atoms with van der Waals surface area (Å²) in [6.45, 7) is 7.01. The standard InChI is InChI=1S/C20H34O2/c1-18-9-6-14(21)12-13(18)4-5-15-16(18)7-10-19(2)17(15)8-11-20(19,3)22/h13-17,21-22H,4-12H2,1-3H3/t13-,14+,15+,16+,17-,18-,19-,20-/m0/s1. The lowest BCUT2D eigenvalue weighted by atomic mass is 9.44. The minimum atomic E-state index is -0.455. The molecular weight excluding hydrogens is 272 g/mol. The summed E-state index contributed by atoms with van der Waals surface area (Å²) in [6, 6.07) is 0. The van der Waals surface area contributed by atoms with Gasteiger partial charge in [0.15, 0.2) is 0 Å². The van der Waals surface area contributed by atoms with Crippen LogP contribution < -0.4 is 0 Å². The summed E-state index contributed by atoms with van der Waals surface area (Å²) >= 11 is 0. The van der Waals surface area contributed by atoms with Crippen LogP contribution in [0.5, 0.6) is 0 Å². The number of aliphatic hydroxyl groups is 2. The molecule has 0 amide bonds. The van der Waals surface area contributed by atoms with E-state index in [9.17, 15) is 10.2 Å². The summed E-state index contributed by atoms with van der Waals surface area (Å²) in [4.78, 5) is 0. The van der Waals surface area contributed by atoms with E-state index in [0.29, 0.717) is 5.41 Å². The van der Waals surface area contributed by atoms with Gasteiger partial charge in [-0.25, -0.2) is 0 Å². The number of rotatable bonds is 0. The van der Waals surface area contributed by atoms with E-state index < -0.39 is 5.60 Å². The highest BCUT2D eigenvalue weighted by atomic mass is 16.3. The maximum atomic E-state index is 10.9. The molecule has 4 aliphatic carbocycles. The van der Waals surface area contributed by atoms with Crippen molar-refractivity contribution < 1.29 is 10.2 Å². The van der Waals surface area contributed by atoms with Gasteiger partial charge in [-0.3, -0.25) is 0 Å². The van der Waals surface area contributed by atoms with Crippen LogP contribution in [0, 0.1) is 34.5 Å². The van der Waals surface area contributed by atoms with Crippen molar-refractivity contribution in [3.8, 4) is 0 Å². The van der Waals surface area contributed by atoms with Crippen LogP contribution in [-0.2, 0) is 0 Å². The molecule has 22 heavy (non-hydrogen) atoms. The summed E-state index contributed by atoms with van der Waals surface area (Å²) in [7, 11) is 0. The third kappa shape index (κ3) is 1.86. The number of fused-ring (bicyclic) bond motifs is 5. The minimum absolute atomic E-state index is 0.0457. The molecule has 2 heteroatoms. The van der Waals surface area contributed by atoms with Gasteiger partial charge in [-0.15, -0.1) is 0 Å². The quantitative estimate of drug-likeness (QED) is 0.706. The predicted octanol–water partition coefficient (Wildman–Crippen LogP) is 4.14. The van der Waals surface area contributed by atoms with Crippen LogP contribution in [0.25, 0.3) is 0 Å². The molecule has 8 atom stereocenters. The van der Waals surface area contributed by atoms with Crippen LogP contribution in [0.3, 0.4) is 0 Å². The van der Waals surface area contributed by atoms with E-state index in [0.717, 1.165) is 42.9 Å². The van der Waals surface area contributed by atoms with Crippen molar-refractivity contribution in [2.75, 3.05) is 0 Å². The van der Waals surface area contributed by atoms with Crippen molar-refractivity contribution in [1.82, 2.24) is 0 Å². The summed E-state index contributed by atoms with van der Waals surface area (Å²) in [5, 5.41) is 21.0. The Kier molecular flexibility index (Phi) is 3.32. The zero-order chi connectivity index (χ0) is 15.8. The first-order chi connectivity index (χ1) is 10.3. The van der Waals surface area contributed by atoms with Crippen LogP contribution in [0.1, 0.15) is 78.6 Å². The number of hydrogen-bond donors (Lipinski definition) is 2. The van der Waals surface area contributed by atoms with Gasteiger partial charge in [0.2, 0.25) is 0 Å². The molecule has 0 aromatic carbocycles. The molecule has 0 aliphatic heterocycles. The van der Waals surface area contributed by atoms with Crippen molar-refractivity contribution in [2.24, 2.45) is 34.5 Å². The SMILES string of the molecule is C[C@]12CC[C@@H](O)C[C@@H]1CC[C@@H]1[C@H]2CC[C@@]2(C)[C@H]1CC[C@]2(C)O. The molecule has 0 radical (unpaired) electrons. The van der Waals surface area contributed by atoms with Crippen LogP contribution in [0.2, 0.25) is 0 Å². The minimum Gasteiger partial charge on any atom is -0.393 e. The fourth-order valence-corrected chi connectivity index (χ4v) is 7.48. The Morgan fingerprint density at radius 2 is 1.55 bits per heavy atom. The maximum absolute atomic E-state index is 10.9. The molecule has 0 aromatic rings. The largest absolute Gasteiger partial charge is 0.393 e. The van der Waals surface area contributed by atoms with Gasteiger partial charge in [-0.05, 0) is 99.2 Å². The van der Waals surface area contributed by atoms with Crippen molar-refractivity contribution in [3.63, 3.8) is 0 Å². The molecule has 4 aliphatic rings. The van der Waals surface area contributed by atoms with Gasteiger partial charge in [0.1, 0.15) is 0 Å². The monoisotopic (exact) mass is 306 g/mol. The topological polar surface area (TPSA) is 40.5 Å². The van der Waals surface area contributed by atoms with E-state index in [-0.39, 0.29) is 11.5 Å². The summed E-state index contributed by atoms with van der Waals surface area (Å²) in [5.41, 5.74) is 0.145. The highest BCUT2D eigenvalue weighted by molar-refractivity contribution is 5.12. The van der Waals surface area contributed by atoms with E-state index in [2.05, 4.69) is 20.8 Å². The molecule has 0 heterocycles. The van der Waals surface area contributed by atoms with Crippen LogP contribution in [0.15, 0.2) is 0 Å². The lowest BCUT2D eigenvalue weighted by molar-refractivity contribution is -0.153. The molecule has 0 unspecified atom stereocenters. The normalized spacial score (nSPS) is 61.2. The van der Waals surface area contributed by atoms with Crippen LogP contribution in [-0.4, -0.2) is 21.9 Å². The van der Waals surface area contributed by atoms with E-state index in [4.69, 9.17) is 0 Å². The Morgan fingerprint density at radius 3 is 2.32 bits per heavy atom. The first kappa shape index (κ1) is 15.4. The average Bonchev–Trinajstić information content (AvgIpc) is 2.70. The van der Waals surface area contributed by atoms with E-state index in [1.807, 2.05) is 0 Å². The van der Waals surface area contributed by atoms with Crippen molar-refractivity contribution in [2.45, 2.75) is 90.3 Å². The molecule has 0 aromatic heterocycles. The van der Waals surface area contributed by atoms with Gasteiger partial charge >= 0.3 is 0 Å². The highest BCUT2D eigenvalue weighted by Gasteiger charge is 2.63. The second kappa shape index (κ2) is 4.72. The van der Waals surface area contributed by atoms with Gasteiger partial charge < -0.3 is 10.2 Å². The van der Waals surface area contributed by atoms with Gasteiger partial charge in [0.25, 0.3) is 0 Å². The van der Waals surface area contributed by atoms with Gasteiger partial charge in [0.05, 0.1) is 11.7 Å². The highest BCUT2D eigenvalue weighted by Crippen LogP contribution is 2.68. The lowest BCUT2D eigenvalue weighted by Gasteiger charge is -2.61. The molecule has 0 bridgehead atoms. The predicted molar refractivity (Wildman–Crippen MR) is 88.4 cm³/mol. The molecule has 4 rings (SSSR count). The van der Waals surface area contributed by atoms with Crippen LogP contribution >= 0.6 is 0 Å². The second-order valence-electron chi connectivity index (χ2n) is 9.85. The van der Waals surface area contributed by atoms with Gasteiger partial charge in [0, 0.05) is 0 Å². The molecule has 4 fully saturated rings. The van der Waals surface area contributed by atoms with Gasteiger partial charge in [-0.1, -0.05) is 13.8 Å². The molecule has 4 saturated carbocycles. The maximum Gasteiger partial charge on any atom is 0.0675 e.